The maximum Gasteiger partial charge on any atom is 0.271 e. The molecule has 0 aromatic heterocycles. The van der Waals surface area contributed by atoms with Crippen LogP contribution >= 0.6 is 0 Å². The van der Waals surface area contributed by atoms with Crippen molar-refractivity contribution in [3.63, 3.8) is 0 Å². The van der Waals surface area contributed by atoms with Gasteiger partial charge < -0.3 is 10.1 Å². The molecule has 0 radical (unpaired) electrons. The van der Waals surface area contributed by atoms with Gasteiger partial charge >= 0.3 is 0 Å². The lowest BCUT2D eigenvalue weighted by molar-refractivity contribution is -0.130. The number of carbonyl (C=O) groups excluding carboxylic acids is 2. The largest absolute Gasteiger partial charge is 0.495 e. The molecule has 152 valence electrons. The van der Waals surface area contributed by atoms with Crippen molar-refractivity contribution < 1.29 is 22.7 Å². The Morgan fingerprint density at radius 1 is 1.18 bits per heavy atom. The smallest absolute Gasteiger partial charge is 0.271 e. The van der Waals surface area contributed by atoms with Crippen molar-refractivity contribution in [3.8, 4) is 5.75 Å². The number of ether oxygens (including phenoxy) is 1. The third-order valence-electron chi connectivity index (χ3n) is 4.82. The highest BCUT2D eigenvalue weighted by atomic mass is 32.2. The monoisotopic (exact) mass is 408 g/mol. The zero-order valence-corrected chi connectivity index (χ0v) is 16.8. The van der Waals surface area contributed by atoms with Crippen molar-refractivity contribution in [2.75, 3.05) is 32.6 Å². The van der Waals surface area contributed by atoms with E-state index in [-0.39, 0.29) is 35.1 Å². The summed E-state index contributed by atoms with van der Waals surface area (Å²) in [7, 11) is -0.829. The molecule has 1 aromatic rings. The van der Waals surface area contributed by atoms with Gasteiger partial charge in [0.1, 0.15) is 16.4 Å². The lowest BCUT2D eigenvalue weighted by Gasteiger charge is -2.26. The average Bonchev–Trinajstić information content (AvgIpc) is 2.70. The number of amides is 2. The van der Waals surface area contributed by atoms with E-state index < -0.39 is 15.9 Å². The van der Waals surface area contributed by atoms with Gasteiger partial charge in [-0.25, -0.2) is 13.4 Å². The minimum absolute atomic E-state index is 0.0209. The fourth-order valence-electron chi connectivity index (χ4n) is 3.24. The molecule has 1 fully saturated rings. The molecule has 2 amide bonds. The quantitative estimate of drug-likeness (QED) is 0.793. The van der Waals surface area contributed by atoms with Gasteiger partial charge in [0, 0.05) is 38.7 Å². The molecule has 0 spiro atoms. The van der Waals surface area contributed by atoms with E-state index in [9.17, 15) is 18.0 Å². The van der Waals surface area contributed by atoms with E-state index in [1.807, 2.05) is 0 Å². The van der Waals surface area contributed by atoms with Gasteiger partial charge in [-0.05, 0) is 31.0 Å². The first-order valence-electron chi connectivity index (χ1n) is 9.16. The van der Waals surface area contributed by atoms with Crippen LogP contribution in [0.3, 0.4) is 0 Å². The molecule has 2 aliphatic heterocycles. The van der Waals surface area contributed by atoms with E-state index in [1.54, 1.807) is 6.07 Å². The minimum atomic E-state index is -3.73. The molecule has 2 aliphatic rings. The summed E-state index contributed by atoms with van der Waals surface area (Å²) in [6.07, 6.45) is 3.11. The molecule has 9 nitrogen and oxygen atoms in total. The van der Waals surface area contributed by atoms with E-state index in [0.717, 1.165) is 24.3 Å². The van der Waals surface area contributed by atoms with Gasteiger partial charge in [-0.15, -0.1) is 0 Å². The third-order valence-corrected chi connectivity index (χ3v) is 6.74. The number of hydrogen-bond acceptors (Lipinski definition) is 6. The van der Waals surface area contributed by atoms with Gasteiger partial charge in [-0.2, -0.15) is 9.41 Å². The van der Waals surface area contributed by atoms with E-state index in [0.29, 0.717) is 18.8 Å². The number of rotatable bonds is 5. The normalized spacial score (nSPS) is 18.6. The molecule has 2 heterocycles. The molecule has 0 saturated carbocycles. The molecule has 0 bridgehead atoms. The summed E-state index contributed by atoms with van der Waals surface area (Å²) in [5.41, 5.74) is 0.544. The number of piperidine rings is 1. The third kappa shape index (κ3) is 4.17. The molecular weight excluding hydrogens is 384 g/mol. The lowest BCUT2D eigenvalue weighted by Crippen LogP contribution is -2.36. The molecule has 1 N–H and O–H groups in total. The van der Waals surface area contributed by atoms with E-state index in [4.69, 9.17) is 4.74 Å². The van der Waals surface area contributed by atoms with Crippen molar-refractivity contribution in [1.29, 1.82) is 0 Å². The molecule has 28 heavy (non-hydrogen) atoms. The number of benzene rings is 1. The number of hydrazone groups is 1. The average molecular weight is 408 g/mol. The van der Waals surface area contributed by atoms with E-state index >= 15 is 0 Å². The molecule has 10 heteroatoms. The van der Waals surface area contributed by atoms with Crippen molar-refractivity contribution in [2.45, 2.75) is 37.0 Å². The zero-order valence-electron chi connectivity index (χ0n) is 16.0. The molecule has 3 rings (SSSR count). The van der Waals surface area contributed by atoms with Crippen LogP contribution in [-0.4, -0.2) is 62.5 Å². The first-order valence-corrected chi connectivity index (χ1v) is 10.6. The van der Waals surface area contributed by atoms with Crippen molar-refractivity contribution in [2.24, 2.45) is 5.10 Å². The number of methoxy groups -OCH3 is 1. The number of carbonyl (C=O) groups is 2. The Hall–Kier alpha value is -2.46. The Balaban J connectivity index is 1.86. The van der Waals surface area contributed by atoms with Gasteiger partial charge in [0.2, 0.25) is 15.9 Å². The highest BCUT2D eigenvalue weighted by molar-refractivity contribution is 7.89. The van der Waals surface area contributed by atoms with E-state index in [1.165, 1.54) is 30.6 Å². The fraction of sp³-hybridized carbons (Fsp3) is 0.500. The highest BCUT2D eigenvalue weighted by Gasteiger charge is 2.29. The van der Waals surface area contributed by atoms with Crippen LogP contribution < -0.4 is 10.1 Å². The molecule has 0 aliphatic carbocycles. The second kappa shape index (κ2) is 8.27. The Kier molecular flexibility index (Phi) is 5.99. The number of hydrogen-bond donors (Lipinski definition) is 1. The van der Waals surface area contributed by atoms with Crippen LogP contribution in [0.1, 0.15) is 32.1 Å². The van der Waals surface area contributed by atoms with Gasteiger partial charge in [-0.1, -0.05) is 6.42 Å². The second-order valence-electron chi connectivity index (χ2n) is 6.75. The van der Waals surface area contributed by atoms with E-state index in [2.05, 4.69) is 10.4 Å². The predicted molar refractivity (Wildman–Crippen MR) is 104 cm³/mol. The lowest BCUT2D eigenvalue weighted by atomic mass is 10.1. The van der Waals surface area contributed by atoms with Crippen molar-refractivity contribution in [3.05, 3.63) is 18.2 Å². The SMILES string of the molecule is COc1ccc(NC(=O)C2=NN(C)C(=O)CC2)cc1S(=O)(=O)N1CCCCC1. The van der Waals surface area contributed by atoms with Crippen molar-refractivity contribution >= 4 is 33.2 Å². The van der Waals surface area contributed by atoms with Crippen LogP contribution in [0.15, 0.2) is 28.2 Å². The number of nitrogens with zero attached hydrogens (tertiary/aromatic N) is 3. The second-order valence-corrected chi connectivity index (χ2v) is 8.65. The van der Waals surface area contributed by atoms with Crippen LogP contribution in [0.5, 0.6) is 5.75 Å². The maximum absolute atomic E-state index is 13.1. The van der Waals surface area contributed by atoms with Gasteiger partial charge in [-0.3, -0.25) is 9.59 Å². The van der Waals surface area contributed by atoms with Crippen LogP contribution in [0.4, 0.5) is 5.69 Å². The molecule has 0 atom stereocenters. The summed E-state index contributed by atoms with van der Waals surface area (Å²) in [6, 6.07) is 4.49. The topological polar surface area (TPSA) is 108 Å². The van der Waals surface area contributed by atoms with Crippen LogP contribution in [0.25, 0.3) is 0 Å². The standard InChI is InChI=1S/C18H24N4O5S/c1-21-17(23)9-7-14(20-21)18(24)19-13-6-8-15(27-2)16(12-13)28(25,26)22-10-4-3-5-11-22/h6,8,12H,3-5,7,9-11H2,1-2H3,(H,19,24). The number of anilines is 1. The first-order chi connectivity index (χ1) is 13.3. The molecule has 1 aromatic carbocycles. The number of nitrogens with one attached hydrogen (secondary N) is 1. The fourth-order valence-corrected chi connectivity index (χ4v) is 4.94. The summed E-state index contributed by atoms with van der Waals surface area (Å²) in [6.45, 7) is 0.943. The first kappa shape index (κ1) is 20.3. The van der Waals surface area contributed by atoms with Crippen LogP contribution in [-0.2, 0) is 19.6 Å². The summed E-state index contributed by atoms with van der Waals surface area (Å²) in [5.74, 6) is -0.398. The Morgan fingerprint density at radius 2 is 1.89 bits per heavy atom. The summed E-state index contributed by atoms with van der Waals surface area (Å²) < 4.78 is 32.8. The van der Waals surface area contributed by atoms with Crippen LogP contribution in [0, 0.1) is 0 Å². The van der Waals surface area contributed by atoms with Crippen LogP contribution in [0.2, 0.25) is 0 Å². The van der Waals surface area contributed by atoms with Gasteiger partial charge in [0.15, 0.2) is 0 Å². The molecule has 0 unspecified atom stereocenters. The Bertz CT molecular complexity index is 907. The number of sulfonamides is 1. The van der Waals surface area contributed by atoms with Gasteiger partial charge in [0.05, 0.1) is 7.11 Å². The summed E-state index contributed by atoms with van der Waals surface area (Å²) >= 11 is 0. The Labute approximate surface area is 164 Å². The maximum atomic E-state index is 13.1. The van der Waals surface area contributed by atoms with Crippen molar-refractivity contribution in [1.82, 2.24) is 9.31 Å². The van der Waals surface area contributed by atoms with Gasteiger partial charge in [0.25, 0.3) is 5.91 Å². The zero-order chi connectivity index (χ0) is 20.3. The summed E-state index contributed by atoms with van der Waals surface area (Å²) in [5, 5.41) is 7.78. The predicted octanol–water partition coefficient (Wildman–Crippen LogP) is 1.42. The highest BCUT2D eigenvalue weighted by Crippen LogP contribution is 2.31. The summed E-state index contributed by atoms with van der Waals surface area (Å²) in [4.78, 5) is 24.0. The molecular formula is C18H24N4O5S. The Morgan fingerprint density at radius 3 is 2.54 bits per heavy atom. The minimum Gasteiger partial charge on any atom is -0.495 e. The molecule has 1 saturated heterocycles.